The summed E-state index contributed by atoms with van der Waals surface area (Å²) >= 11 is 1.38. The summed E-state index contributed by atoms with van der Waals surface area (Å²) in [7, 11) is 1.49. The number of amides is 1. The molecule has 2 heterocycles. The lowest BCUT2D eigenvalue weighted by Crippen LogP contribution is -2.13. The van der Waals surface area contributed by atoms with Gasteiger partial charge in [-0.1, -0.05) is 24.3 Å². The van der Waals surface area contributed by atoms with Gasteiger partial charge in [0, 0.05) is 29.7 Å². The third-order valence-corrected chi connectivity index (χ3v) is 5.33. The average molecular weight is 424 g/mol. The van der Waals surface area contributed by atoms with E-state index in [0.29, 0.717) is 27.8 Å². The Hall–Kier alpha value is -3.86. The zero-order chi connectivity index (χ0) is 21.3. The second kappa shape index (κ2) is 7.87. The molecule has 0 saturated carbocycles. The molecule has 0 aliphatic carbocycles. The molecule has 0 fully saturated rings. The number of benzene rings is 2. The summed E-state index contributed by atoms with van der Waals surface area (Å²) in [5, 5.41) is 27.2. The average Bonchev–Trinajstić information content (AvgIpc) is 3.34. The Labute approximate surface area is 174 Å². The predicted molar refractivity (Wildman–Crippen MR) is 111 cm³/mol. The number of carbonyl (C=O) groups is 1. The Morgan fingerprint density at radius 1 is 1.27 bits per heavy atom. The molecule has 11 heteroatoms. The van der Waals surface area contributed by atoms with Crippen LogP contribution in [0.4, 0.5) is 11.4 Å². The number of nitro benzene ring substituents is 1. The van der Waals surface area contributed by atoms with Crippen molar-refractivity contribution in [1.82, 2.24) is 19.8 Å². The highest BCUT2D eigenvalue weighted by Crippen LogP contribution is 2.33. The van der Waals surface area contributed by atoms with Crippen LogP contribution in [0.5, 0.6) is 5.75 Å². The SMILES string of the molecule is CCc1nnc2sc(-c3ccc(OC)c(NC(=O)c4cccc([N+](=O)[O-])c4)c3)nn12. The Morgan fingerprint density at radius 2 is 2.10 bits per heavy atom. The van der Waals surface area contributed by atoms with E-state index < -0.39 is 10.8 Å². The number of rotatable bonds is 6. The molecule has 1 N–H and O–H groups in total. The summed E-state index contributed by atoms with van der Waals surface area (Å²) in [4.78, 5) is 23.8. The molecule has 1 amide bonds. The maximum Gasteiger partial charge on any atom is 0.270 e. The Kier molecular flexibility index (Phi) is 5.11. The van der Waals surface area contributed by atoms with Gasteiger partial charge in [-0.05, 0) is 24.3 Å². The summed E-state index contributed by atoms with van der Waals surface area (Å²) in [5.41, 5.74) is 1.20. The number of hydrogen-bond acceptors (Lipinski definition) is 8. The van der Waals surface area contributed by atoms with Gasteiger partial charge in [-0.15, -0.1) is 10.2 Å². The maximum atomic E-state index is 12.7. The van der Waals surface area contributed by atoms with E-state index in [1.807, 2.05) is 13.0 Å². The second-order valence-electron chi connectivity index (χ2n) is 6.25. The van der Waals surface area contributed by atoms with Crippen LogP contribution in [0.15, 0.2) is 42.5 Å². The molecule has 0 unspecified atom stereocenters. The molecule has 0 atom stereocenters. The van der Waals surface area contributed by atoms with Gasteiger partial charge in [0.2, 0.25) is 4.96 Å². The van der Waals surface area contributed by atoms with Crippen LogP contribution >= 0.6 is 11.3 Å². The van der Waals surface area contributed by atoms with Gasteiger partial charge in [-0.2, -0.15) is 9.61 Å². The molecule has 30 heavy (non-hydrogen) atoms. The number of nitrogens with one attached hydrogen (secondary N) is 1. The van der Waals surface area contributed by atoms with Crippen molar-refractivity contribution in [3.63, 3.8) is 0 Å². The van der Waals surface area contributed by atoms with E-state index in [1.54, 1.807) is 16.6 Å². The van der Waals surface area contributed by atoms with Crippen LogP contribution in [0.3, 0.4) is 0 Å². The molecule has 0 spiro atoms. The maximum absolute atomic E-state index is 12.7. The number of ether oxygens (including phenoxy) is 1. The molecule has 2 aromatic carbocycles. The zero-order valence-corrected chi connectivity index (χ0v) is 16.8. The third kappa shape index (κ3) is 3.57. The highest BCUT2D eigenvalue weighted by Gasteiger charge is 2.17. The summed E-state index contributed by atoms with van der Waals surface area (Å²) in [5.74, 6) is 0.732. The van der Waals surface area contributed by atoms with Gasteiger partial charge >= 0.3 is 0 Å². The van der Waals surface area contributed by atoms with E-state index >= 15 is 0 Å². The fraction of sp³-hybridized carbons (Fsp3) is 0.158. The van der Waals surface area contributed by atoms with Crippen LogP contribution in [0.2, 0.25) is 0 Å². The molecule has 4 rings (SSSR count). The van der Waals surface area contributed by atoms with Crippen LogP contribution < -0.4 is 10.1 Å². The van der Waals surface area contributed by atoms with Crippen molar-refractivity contribution in [3.05, 3.63) is 64.0 Å². The first-order chi connectivity index (χ1) is 14.5. The van der Waals surface area contributed by atoms with Gasteiger partial charge in [0.05, 0.1) is 17.7 Å². The van der Waals surface area contributed by atoms with Crippen molar-refractivity contribution in [2.75, 3.05) is 12.4 Å². The quantitative estimate of drug-likeness (QED) is 0.370. The van der Waals surface area contributed by atoms with Crippen molar-refractivity contribution in [2.45, 2.75) is 13.3 Å². The zero-order valence-electron chi connectivity index (χ0n) is 16.0. The van der Waals surface area contributed by atoms with Gasteiger partial charge in [0.15, 0.2) is 5.82 Å². The molecule has 2 aromatic heterocycles. The molecular formula is C19H16N6O4S. The third-order valence-electron chi connectivity index (χ3n) is 4.39. The molecule has 10 nitrogen and oxygen atoms in total. The lowest BCUT2D eigenvalue weighted by atomic mass is 10.1. The van der Waals surface area contributed by atoms with Gasteiger partial charge in [0.1, 0.15) is 10.8 Å². The van der Waals surface area contributed by atoms with Gasteiger partial charge in [-0.25, -0.2) is 0 Å². The number of non-ortho nitro benzene ring substituents is 1. The summed E-state index contributed by atoms with van der Waals surface area (Å²) in [6.45, 7) is 1.98. The molecule has 4 aromatic rings. The topological polar surface area (TPSA) is 125 Å². The van der Waals surface area contributed by atoms with Crippen LogP contribution in [-0.4, -0.2) is 37.8 Å². The largest absolute Gasteiger partial charge is 0.495 e. The lowest BCUT2D eigenvalue weighted by Gasteiger charge is -2.11. The van der Waals surface area contributed by atoms with Crippen molar-refractivity contribution in [1.29, 1.82) is 0 Å². The van der Waals surface area contributed by atoms with Crippen molar-refractivity contribution < 1.29 is 14.5 Å². The summed E-state index contributed by atoms with van der Waals surface area (Å²) in [6, 6.07) is 10.8. The normalized spacial score (nSPS) is 10.9. The molecule has 0 saturated heterocycles. The van der Waals surface area contributed by atoms with E-state index in [2.05, 4.69) is 20.6 Å². The second-order valence-corrected chi connectivity index (χ2v) is 7.20. The molecule has 0 radical (unpaired) electrons. The standard InChI is InChI=1S/C19H16N6O4S/c1-3-16-21-22-19-24(16)23-18(30-19)12-7-8-15(29-2)14(10-12)20-17(26)11-5-4-6-13(9-11)25(27)28/h4-10H,3H2,1-2H3,(H,20,26). The van der Waals surface area contributed by atoms with Crippen LogP contribution in [0, 0.1) is 10.1 Å². The van der Waals surface area contributed by atoms with E-state index in [4.69, 9.17) is 4.74 Å². The Bertz CT molecular complexity index is 1270. The number of aryl methyl sites for hydroxylation is 1. The van der Waals surface area contributed by atoms with Gasteiger partial charge in [0.25, 0.3) is 11.6 Å². The molecule has 0 aliphatic rings. The minimum atomic E-state index is -0.545. The summed E-state index contributed by atoms with van der Waals surface area (Å²) in [6.07, 6.45) is 0.706. The van der Waals surface area contributed by atoms with E-state index in [-0.39, 0.29) is 11.3 Å². The van der Waals surface area contributed by atoms with Crippen molar-refractivity contribution >= 4 is 33.6 Å². The fourth-order valence-corrected chi connectivity index (χ4v) is 3.74. The number of anilines is 1. The first kappa shape index (κ1) is 19.5. The van der Waals surface area contributed by atoms with E-state index in [0.717, 1.165) is 11.4 Å². The number of hydrogen-bond donors (Lipinski definition) is 1. The fourth-order valence-electron chi connectivity index (χ4n) is 2.89. The monoisotopic (exact) mass is 424 g/mol. The predicted octanol–water partition coefficient (Wildman–Crippen LogP) is 3.58. The number of nitro groups is 1. The number of carbonyl (C=O) groups excluding carboxylic acids is 1. The highest BCUT2D eigenvalue weighted by molar-refractivity contribution is 7.19. The lowest BCUT2D eigenvalue weighted by molar-refractivity contribution is -0.384. The smallest absolute Gasteiger partial charge is 0.270 e. The Morgan fingerprint density at radius 3 is 2.83 bits per heavy atom. The number of nitrogens with zero attached hydrogens (tertiary/aromatic N) is 5. The van der Waals surface area contributed by atoms with Crippen molar-refractivity contribution in [3.8, 4) is 16.3 Å². The van der Waals surface area contributed by atoms with Gasteiger partial charge in [-0.3, -0.25) is 14.9 Å². The van der Waals surface area contributed by atoms with Crippen LogP contribution in [0.1, 0.15) is 23.1 Å². The minimum absolute atomic E-state index is 0.158. The van der Waals surface area contributed by atoms with Crippen molar-refractivity contribution in [2.24, 2.45) is 0 Å². The molecule has 0 bridgehead atoms. The number of methoxy groups -OCH3 is 1. The summed E-state index contributed by atoms with van der Waals surface area (Å²) < 4.78 is 7.05. The number of aromatic nitrogens is 4. The number of fused-ring (bicyclic) bond motifs is 1. The van der Waals surface area contributed by atoms with Crippen LogP contribution in [0.25, 0.3) is 15.5 Å². The molecule has 152 valence electrons. The first-order valence-electron chi connectivity index (χ1n) is 8.95. The van der Waals surface area contributed by atoms with E-state index in [9.17, 15) is 14.9 Å². The molecule has 0 aliphatic heterocycles. The van der Waals surface area contributed by atoms with Crippen LogP contribution in [-0.2, 0) is 6.42 Å². The first-order valence-corrected chi connectivity index (χ1v) is 9.77. The van der Waals surface area contributed by atoms with Gasteiger partial charge < -0.3 is 10.1 Å². The Balaban J connectivity index is 1.67. The highest BCUT2D eigenvalue weighted by atomic mass is 32.1. The van der Waals surface area contributed by atoms with E-state index in [1.165, 1.54) is 42.7 Å². The molecular weight excluding hydrogens is 408 g/mol. The minimum Gasteiger partial charge on any atom is -0.495 e.